The summed E-state index contributed by atoms with van der Waals surface area (Å²) < 4.78 is 5.73. The number of halogens is 2. The van der Waals surface area contributed by atoms with E-state index >= 15 is 0 Å². The fraction of sp³-hybridized carbons (Fsp3) is 0.263. The minimum absolute atomic E-state index is 0.0212. The predicted molar refractivity (Wildman–Crippen MR) is 110 cm³/mol. The highest BCUT2D eigenvalue weighted by Gasteiger charge is 2.27. The first kappa shape index (κ1) is 19.3. The van der Waals surface area contributed by atoms with Crippen LogP contribution in [0.2, 0.25) is 10.0 Å². The third-order valence-electron chi connectivity index (χ3n) is 4.37. The van der Waals surface area contributed by atoms with Crippen LogP contribution in [0.4, 0.5) is 5.13 Å². The van der Waals surface area contributed by atoms with E-state index in [4.69, 9.17) is 27.9 Å². The van der Waals surface area contributed by atoms with Gasteiger partial charge in [0, 0.05) is 35.0 Å². The van der Waals surface area contributed by atoms with E-state index in [1.54, 1.807) is 17.0 Å². The molecule has 0 radical (unpaired) electrons. The van der Waals surface area contributed by atoms with Gasteiger partial charge in [0.25, 0.3) is 5.91 Å². The summed E-state index contributed by atoms with van der Waals surface area (Å²) in [4.78, 5) is 27.5. The van der Waals surface area contributed by atoms with Crippen LogP contribution in [0.5, 0.6) is 0 Å². The van der Waals surface area contributed by atoms with Crippen LogP contribution in [0, 0.1) is 0 Å². The van der Waals surface area contributed by atoms with Gasteiger partial charge in [0.2, 0.25) is 0 Å². The van der Waals surface area contributed by atoms with Crippen LogP contribution < -0.4 is 4.90 Å². The van der Waals surface area contributed by atoms with Crippen molar-refractivity contribution in [3.63, 3.8) is 0 Å². The van der Waals surface area contributed by atoms with E-state index in [2.05, 4.69) is 15.0 Å². The summed E-state index contributed by atoms with van der Waals surface area (Å²) in [6.07, 6.45) is 6.36. The minimum Gasteiger partial charge on any atom is -0.376 e. The fourth-order valence-electron chi connectivity index (χ4n) is 3.00. The Kier molecular flexibility index (Phi) is 5.87. The average molecular weight is 435 g/mol. The highest BCUT2D eigenvalue weighted by Crippen LogP contribution is 2.34. The first-order chi connectivity index (χ1) is 13.6. The summed E-state index contributed by atoms with van der Waals surface area (Å²) >= 11 is 13.7. The number of anilines is 1. The molecule has 1 unspecified atom stereocenters. The summed E-state index contributed by atoms with van der Waals surface area (Å²) in [5.41, 5.74) is 1.71. The number of ether oxygens (including phenoxy) is 1. The van der Waals surface area contributed by atoms with E-state index in [1.165, 1.54) is 29.9 Å². The van der Waals surface area contributed by atoms with Crippen molar-refractivity contribution in [3.05, 3.63) is 57.9 Å². The SMILES string of the molecule is O=C(c1cnccn1)N(CC1CCCO1)c1nc(-c2ccc(Cl)cc2Cl)cs1. The number of hydrogen-bond acceptors (Lipinski definition) is 6. The molecule has 0 spiro atoms. The zero-order valence-electron chi connectivity index (χ0n) is 14.7. The molecule has 0 saturated carbocycles. The topological polar surface area (TPSA) is 68.2 Å². The molecule has 1 atom stereocenters. The van der Waals surface area contributed by atoms with Crippen molar-refractivity contribution in [3.8, 4) is 11.3 Å². The number of carbonyl (C=O) groups is 1. The van der Waals surface area contributed by atoms with Crippen molar-refractivity contribution in [2.45, 2.75) is 18.9 Å². The Balaban J connectivity index is 1.66. The molecule has 1 aromatic carbocycles. The highest BCUT2D eigenvalue weighted by atomic mass is 35.5. The van der Waals surface area contributed by atoms with Gasteiger partial charge >= 0.3 is 0 Å². The van der Waals surface area contributed by atoms with E-state index < -0.39 is 0 Å². The van der Waals surface area contributed by atoms with E-state index in [1.807, 2.05) is 11.4 Å². The Hall–Kier alpha value is -2.06. The number of amides is 1. The van der Waals surface area contributed by atoms with Crippen molar-refractivity contribution < 1.29 is 9.53 Å². The van der Waals surface area contributed by atoms with Gasteiger partial charge < -0.3 is 4.74 Å². The lowest BCUT2D eigenvalue weighted by Crippen LogP contribution is -2.38. The van der Waals surface area contributed by atoms with Crippen LogP contribution in [0.1, 0.15) is 23.3 Å². The highest BCUT2D eigenvalue weighted by molar-refractivity contribution is 7.14. The van der Waals surface area contributed by atoms with Gasteiger partial charge in [0.15, 0.2) is 5.13 Å². The quantitative estimate of drug-likeness (QED) is 0.580. The minimum atomic E-state index is -0.258. The number of carbonyl (C=O) groups excluding carboxylic acids is 1. The zero-order chi connectivity index (χ0) is 19.5. The Morgan fingerprint density at radius 3 is 2.93 bits per heavy atom. The third kappa shape index (κ3) is 4.17. The van der Waals surface area contributed by atoms with Crippen LogP contribution in [0.3, 0.4) is 0 Å². The van der Waals surface area contributed by atoms with E-state index in [9.17, 15) is 4.79 Å². The van der Waals surface area contributed by atoms with E-state index in [0.717, 1.165) is 18.4 Å². The van der Waals surface area contributed by atoms with Crippen LogP contribution in [0.15, 0.2) is 42.2 Å². The molecule has 144 valence electrons. The van der Waals surface area contributed by atoms with Gasteiger partial charge in [0.1, 0.15) is 5.69 Å². The largest absolute Gasteiger partial charge is 0.376 e. The molecule has 28 heavy (non-hydrogen) atoms. The predicted octanol–water partition coefficient (Wildman–Crippen LogP) is 4.73. The molecule has 4 rings (SSSR count). The number of thiazole rings is 1. The molecule has 6 nitrogen and oxygen atoms in total. The van der Waals surface area contributed by atoms with Gasteiger partial charge in [0.05, 0.1) is 29.6 Å². The van der Waals surface area contributed by atoms with Crippen molar-refractivity contribution in [1.29, 1.82) is 0 Å². The van der Waals surface area contributed by atoms with Crippen LogP contribution in [-0.4, -0.2) is 40.1 Å². The summed E-state index contributed by atoms with van der Waals surface area (Å²) in [7, 11) is 0. The van der Waals surface area contributed by atoms with Crippen LogP contribution in [-0.2, 0) is 4.74 Å². The number of aromatic nitrogens is 3. The Morgan fingerprint density at radius 1 is 1.32 bits per heavy atom. The molecule has 3 heterocycles. The summed E-state index contributed by atoms with van der Waals surface area (Å²) in [5, 5.41) is 3.50. The lowest BCUT2D eigenvalue weighted by atomic mass is 10.2. The molecule has 1 fully saturated rings. The molecule has 3 aromatic rings. The molecule has 9 heteroatoms. The maximum atomic E-state index is 13.1. The molecule has 1 saturated heterocycles. The Morgan fingerprint density at radius 2 is 2.21 bits per heavy atom. The normalized spacial score (nSPS) is 16.3. The van der Waals surface area contributed by atoms with Gasteiger partial charge in [-0.2, -0.15) is 0 Å². The molecule has 0 aliphatic carbocycles. The van der Waals surface area contributed by atoms with Crippen molar-refractivity contribution >= 4 is 45.6 Å². The second-order valence-electron chi connectivity index (χ2n) is 6.28. The van der Waals surface area contributed by atoms with E-state index in [-0.39, 0.29) is 17.7 Å². The maximum Gasteiger partial charge on any atom is 0.280 e. The van der Waals surface area contributed by atoms with Gasteiger partial charge in [-0.1, -0.05) is 23.2 Å². The summed E-state index contributed by atoms with van der Waals surface area (Å²) in [6.45, 7) is 1.12. The van der Waals surface area contributed by atoms with Crippen LogP contribution >= 0.6 is 34.5 Å². The van der Waals surface area contributed by atoms with Crippen LogP contribution in [0.25, 0.3) is 11.3 Å². The van der Waals surface area contributed by atoms with E-state index in [0.29, 0.717) is 34.0 Å². The Labute approximate surface area is 176 Å². The first-order valence-electron chi connectivity index (χ1n) is 8.72. The molecule has 1 amide bonds. The second kappa shape index (κ2) is 8.53. The molecule has 1 aliphatic heterocycles. The smallest absolute Gasteiger partial charge is 0.280 e. The standard InChI is InChI=1S/C19H16Cl2N4O2S/c20-12-3-4-14(15(21)8-12)17-11-28-19(24-17)25(10-13-2-1-7-27-13)18(26)16-9-22-5-6-23-16/h3-6,8-9,11,13H,1-2,7,10H2. The maximum absolute atomic E-state index is 13.1. The van der Waals surface area contributed by atoms with Gasteiger partial charge in [-0.15, -0.1) is 11.3 Å². The monoisotopic (exact) mass is 434 g/mol. The molecule has 2 aromatic heterocycles. The van der Waals surface area contributed by atoms with Crippen molar-refractivity contribution in [2.75, 3.05) is 18.1 Å². The zero-order valence-corrected chi connectivity index (χ0v) is 17.0. The fourth-order valence-corrected chi connectivity index (χ4v) is 4.33. The number of nitrogens with zero attached hydrogens (tertiary/aromatic N) is 4. The first-order valence-corrected chi connectivity index (χ1v) is 10.4. The summed E-state index contributed by atoms with van der Waals surface area (Å²) in [6, 6.07) is 5.25. The van der Waals surface area contributed by atoms with Gasteiger partial charge in [-0.25, -0.2) is 9.97 Å². The van der Waals surface area contributed by atoms with Gasteiger partial charge in [-0.05, 0) is 31.0 Å². The average Bonchev–Trinajstić information content (AvgIpc) is 3.38. The number of rotatable bonds is 5. The summed E-state index contributed by atoms with van der Waals surface area (Å²) in [5.74, 6) is -0.258. The number of benzene rings is 1. The lowest BCUT2D eigenvalue weighted by Gasteiger charge is -2.22. The molecular formula is C19H16Cl2N4O2S. The molecule has 0 N–H and O–H groups in total. The second-order valence-corrected chi connectivity index (χ2v) is 7.96. The number of hydrogen-bond donors (Lipinski definition) is 0. The van der Waals surface area contributed by atoms with Crippen molar-refractivity contribution in [2.24, 2.45) is 0 Å². The van der Waals surface area contributed by atoms with Gasteiger partial charge in [-0.3, -0.25) is 14.7 Å². The Bertz CT molecular complexity index is 977. The molecule has 0 bridgehead atoms. The lowest BCUT2D eigenvalue weighted by molar-refractivity contribution is 0.0913. The van der Waals surface area contributed by atoms with Crippen molar-refractivity contribution in [1.82, 2.24) is 15.0 Å². The molecule has 1 aliphatic rings. The molecular weight excluding hydrogens is 419 g/mol. The third-order valence-corrected chi connectivity index (χ3v) is 5.78.